The van der Waals surface area contributed by atoms with E-state index in [9.17, 15) is 27.8 Å². The minimum atomic E-state index is -4.31. The Bertz CT molecular complexity index is 798. The van der Waals surface area contributed by atoms with Gasteiger partial charge in [-0.2, -0.15) is 13.2 Å². The van der Waals surface area contributed by atoms with Crippen LogP contribution in [0.25, 0.3) is 0 Å². The first-order chi connectivity index (χ1) is 15.2. The maximum absolute atomic E-state index is 12.6. The normalized spacial score (nSPS) is 19.1. The summed E-state index contributed by atoms with van der Waals surface area (Å²) in [7, 11) is -1.43. The van der Waals surface area contributed by atoms with Crippen LogP contribution in [0.15, 0.2) is 18.2 Å². The molecule has 3 rings (SSSR count). The predicted molar refractivity (Wildman–Crippen MR) is 112 cm³/mol. The average molecular weight is 455 g/mol. The lowest BCUT2D eigenvalue weighted by Crippen LogP contribution is -2.53. The Morgan fingerprint density at radius 2 is 1.97 bits per heavy atom. The van der Waals surface area contributed by atoms with E-state index in [-0.39, 0.29) is 30.6 Å². The molecule has 32 heavy (non-hydrogen) atoms. The molecular weight excluding hydrogens is 426 g/mol. The summed E-state index contributed by atoms with van der Waals surface area (Å²) in [5.74, 6) is -1.15. The van der Waals surface area contributed by atoms with Gasteiger partial charge < -0.3 is 19.7 Å². The molecule has 1 fully saturated rings. The van der Waals surface area contributed by atoms with E-state index in [1.807, 2.05) is 0 Å². The molecule has 1 aromatic carbocycles. The van der Waals surface area contributed by atoms with Crippen LogP contribution in [0.5, 0.6) is 5.75 Å². The number of hydrogen-bond acceptors (Lipinski definition) is 5. The molecule has 0 aromatic heterocycles. The maximum Gasteiger partial charge on any atom is 0.547 e. The molecule has 0 bridgehead atoms. The molecule has 2 aliphatic rings. The lowest BCUT2D eigenvalue weighted by molar-refractivity contribution is -0.137. The van der Waals surface area contributed by atoms with Gasteiger partial charge in [0.25, 0.3) is 0 Å². The molecule has 1 heterocycles. The monoisotopic (exact) mass is 455 g/mol. The highest BCUT2D eigenvalue weighted by Crippen LogP contribution is 2.31. The number of benzene rings is 1. The van der Waals surface area contributed by atoms with Crippen LogP contribution >= 0.6 is 0 Å². The van der Waals surface area contributed by atoms with E-state index in [2.05, 4.69) is 5.32 Å². The van der Waals surface area contributed by atoms with Crippen LogP contribution in [0.1, 0.15) is 73.7 Å². The number of fused-ring (bicyclic) bond motifs is 1. The van der Waals surface area contributed by atoms with Crippen molar-refractivity contribution in [2.45, 2.75) is 76.3 Å². The van der Waals surface area contributed by atoms with Crippen LogP contribution < -0.4 is 9.97 Å². The fourth-order valence-corrected chi connectivity index (χ4v) is 4.31. The van der Waals surface area contributed by atoms with E-state index >= 15 is 0 Å². The van der Waals surface area contributed by atoms with Crippen molar-refractivity contribution in [3.63, 3.8) is 0 Å². The Morgan fingerprint density at radius 1 is 1.22 bits per heavy atom. The molecule has 1 atom stereocenters. The number of carbonyl (C=O) groups excluding carboxylic acids is 2. The fourth-order valence-electron chi connectivity index (χ4n) is 4.31. The van der Waals surface area contributed by atoms with Crippen molar-refractivity contribution in [2.24, 2.45) is 5.92 Å². The minimum absolute atomic E-state index is 0.185. The number of esters is 1. The van der Waals surface area contributed by atoms with Crippen LogP contribution in [-0.2, 0) is 16.0 Å². The quantitative estimate of drug-likeness (QED) is 0.458. The third-order valence-electron chi connectivity index (χ3n) is 6.03. The van der Waals surface area contributed by atoms with Crippen LogP contribution in [-0.4, -0.2) is 42.7 Å². The standard InChI is InChI=1S/C22H29BF3NO5/c24-22(25,26)12-5-10-19(28)27-18-14-16-8-4-9-17(20(16)32-23(18)30)21(29)31-13-11-15-6-2-1-3-7-15/h4,8-9,15,18,30H,1-3,5-7,10-14H2,(H,27,28)/t18-/m0/s1. The van der Waals surface area contributed by atoms with Gasteiger partial charge in [0.1, 0.15) is 11.3 Å². The number of alkyl halides is 3. The van der Waals surface area contributed by atoms with Crippen molar-refractivity contribution >= 4 is 19.0 Å². The van der Waals surface area contributed by atoms with E-state index in [0.717, 1.165) is 19.3 Å². The van der Waals surface area contributed by atoms with Crippen LogP contribution in [0, 0.1) is 5.92 Å². The number of ether oxygens (including phenoxy) is 1. The van der Waals surface area contributed by atoms with Crippen molar-refractivity contribution in [1.82, 2.24) is 5.32 Å². The number of para-hydroxylation sites is 1. The Balaban J connectivity index is 1.53. The summed E-state index contributed by atoms with van der Waals surface area (Å²) >= 11 is 0. The van der Waals surface area contributed by atoms with E-state index < -0.39 is 37.5 Å². The third-order valence-corrected chi connectivity index (χ3v) is 6.03. The molecule has 176 valence electrons. The molecule has 1 aromatic rings. The second-order valence-electron chi connectivity index (χ2n) is 8.58. The number of halogens is 3. The molecule has 1 amide bonds. The summed E-state index contributed by atoms with van der Waals surface area (Å²) < 4.78 is 47.7. The van der Waals surface area contributed by atoms with Gasteiger partial charge in [0.15, 0.2) is 0 Å². The largest absolute Gasteiger partial charge is 0.547 e. The molecule has 2 N–H and O–H groups in total. The fraction of sp³-hybridized carbons (Fsp3) is 0.636. The highest BCUT2D eigenvalue weighted by atomic mass is 19.4. The molecule has 0 unspecified atom stereocenters. The summed E-state index contributed by atoms with van der Waals surface area (Å²) in [5.41, 5.74) is 0.817. The van der Waals surface area contributed by atoms with E-state index in [1.54, 1.807) is 18.2 Å². The Kier molecular flexibility index (Phi) is 8.45. The van der Waals surface area contributed by atoms with E-state index in [4.69, 9.17) is 9.39 Å². The number of rotatable bonds is 8. The van der Waals surface area contributed by atoms with Gasteiger partial charge >= 0.3 is 19.3 Å². The summed E-state index contributed by atoms with van der Waals surface area (Å²) in [6, 6.07) is 4.94. The van der Waals surface area contributed by atoms with Crippen LogP contribution in [0.4, 0.5) is 13.2 Å². The predicted octanol–water partition coefficient (Wildman–Crippen LogP) is 3.99. The van der Waals surface area contributed by atoms with Crippen molar-refractivity contribution in [3.05, 3.63) is 29.3 Å². The zero-order valence-corrected chi connectivity index (χ0v) is 18.0. The molecule has 1 aliphatic carbocycles. The second-order valence-corrected chi connectivity index (χ2v) is 8.58. The molecule has 0 radical (unpaired) electrons. The summed E-state index contributed by atoms with van der Waals surface area (Å²) in [4.78, 5) is 24.5. The minimum Gasteiger partial charge on any atom is -0.534 e. The first-order valence-electron chi connectivity index (χ1n) is 11.2. The molecular formula is C22H29BF3NO5. The second kappa shape index (κ2) is 11.1. The summed E-state index contributed by atoms with van der Waals surface area (Å²) in [6.07, 6.45) is 1.06. The number of nitrogens with one attached hydrogen (secondary N) is 1. The van der Waals surface area contributed by atoms with Crippen molar-refractivity contribution in [1.29, 1.82) is 0 Å². The van der Waals surface area contributed by atoms with E-state index in [1.165, 1.54) is 19.3 Å². The first kappa shape index (κ1) is 24.4. The Labute approximate surface area is 186 Å². The Morgan fingerprint density at radius 3 is 2.69 bits per heavy atom. The summed E-state index contributed by atoms with van der Waals surface area (Å²) in [6.45, 7) is 0.326. The van der Waals surface area contributed by atoms with Crippen molar-refractivity contribution < 1.29 is 37.2 Å². The smallest absolute Gasteiger partial charge is 0.534 e. The zero-order valence-electron chi connectivity index (χ0n) is 18.0. The number of hydrogen-bond donors (Lipinski definition) is 2. The molecule has 0 spiro atoms. The molecule has 6 nitrogen and oxygen atoms in total. The molecule has 10 heteroatoms. The average Bonchev–Trinajstić information content (AvgIpc) is 2.73. The number of amides is 1. The van der Waals surface area contributed by atoms with Gasteiger partial charge in [-0.15, -0.1) is 0 Å². The SMILES string of the molecule is O=C(CCCC(F)(F)F)N[C@H]1Cc2cccc(C(=O)OCCC3CCCCC3)c2OB1O. The summed E-state index contributed by atoms with van der Waals surface area (Å²) in [5, 5.41) is 12.8. The van der Waals surface area contributed by atoms with Gasteiger partial charge in [-0.3, -0.25) is 4.79 Å². The zero-order chi connectivity index (χ0) is 23.1. The van der Waals surface area contributed by atoms with Gasteiger partial charge in [-0.1, -0.05) is 44.2 Å². The van der Waals surface area contributed by atoms with Gasteiger partial charge in [-0.25, -0.2) is 4.79 Å². The Hall–Kier alpha value is -2.23. The molecule has 1 saturated carbocycles. The van der Waals surface area contributed by atoms with Crippen LogP contribution in [0.3, 0.4) is 0 Å². The van der Waals surface area contributed by atoms with E-state index in [0.29, 0.717) is 18.1 Å². The lowest BCUT2D eigenvalue weighted by atomic mass is 9.72. The van der Waals surface area contributed by atoms with Gasteiger partial charge in [0.05, 0.1) is 12.5 Å². The highest BCUT2D eigenvalue weighted by molar-refractivity contribution is 6.47. The lowest BCUT2D eigenvalue weighted by Gasteiger charge is -2.29. The molecule has 1 aliphatic heterocycles. The van der Waals surface area contributed by atoms with Crippen LogP contribution in [0.2, 0.25) is 0 Å². The topological polar surface area (TPSA) is 84.9 Å². The van der Waals surface area contributed by atoms with Gasteiger partial charge in [0.2, 0.25) is 5.91 Å². The maximum atomic E-state index is 12.6. The van der Waals surface area contributed by atoms with Crippen molar-refractivity contribution in [3.8, 4) is 5.75 Å². The third kappa shape index (κ3) is 7.15. The highest BCUT2D eigenvalue weighted by Gasteiger charge is 2.38. The van der Waals surface area contributed by atoms with Gasteiger partial charge in [0, 0.05) is 12.8 Å². The first-order valence-corrected chi connectivity index (χ1v) is 11.2. The number of carbonyl (C=O) groups is 2. The van der Waals surface area contributed by atoms with Gasteiger partial charge in [-0.05, 0) is 36.8 Å². The van der Waals surface area contributed by atoms with Crippen molar-refractivity contribution in [2.75, 3.05) is 6.61 Å². The molecule has 0 saturated heterocycles.